The van der Waals surface area contributed by atoms with E-state index in [4.69, 9.17) is 4.74 Å². The monoisotopic (exact) mass is 315 g/mol. The van der Waals surface area contributed by atoms with Crippen LogP contribution >= 0.6 is 0 Å². The minimum Gasteiger partial charge on any atom is -0.497 e. The third-order valence-electron chi connectivity index (χ3n) is 4.41. The second kappa shape index (κ2) is 6.04. The lowest BCUT2D eigenvalue weighted by atomic mass is 9.97. The molecule has 1 aliphatic rings. The highest BCUT2D eigenvalue weighted by atomic mass is 16.5. The van der Waals surface area contributed by atoms with E-state index in [9.17, 15) is 9.90 Å². The summed E-state index contributed by atoms with van der Waals surface area (Å²) in [5, 5.41) is 19.4. The van der Waals surface area contributed by atoms with Gasteiger partial charge in [0, 0.05) is 5.56 Å². The van der Waals surface area contributed by atoms with Crippen LogP contribution in [0, 0.1) is 5.92 Å². The lowest BCUT2D eigenvalue weighted by molar-refractivity contribution is 0.0819. The first-order chi connectivity index (χ1) is 11.1. The number of carbonyl (C=O) groups excluding carboxylic acids is 1. The van der Waals surface area contributed by atoms with Gasteiger partial charge in [0.25, 0.3) is 5.91 Å². The number of aromatic amines is 1. The SMILES string of the molecule is COc1ccc(-c2cc(C(=O)NC(C)(CO)C3CC3)[nH]n2)cc1. The van der Waals surface area contributed by atoms with E-state index in [0.29, 0.717) is 17.3 Å². The number of aliphatic hydroxyl groups is 1. The highest BCUT2D eigenvalue weighted by Gasteiger charge is 2.42. The van der Waals surface area contributed by atoms with Crippen LogP contribution in [0.15, 0.2) is 30.3 Å². The average Bonchev–Trinajstić information content (AvgIpc) is 3.32. The van der Waals surface area contributed by atoms with Crippen LogP contribution < -0.4 is 10.1 Å². The van der Waals surface area contributed by atoms with Crippen molar-refractivity contribution in [1.82, 2.24) is 15.5 Å². The Bertz CT molecular complexity index is 691. The fourth-order valence-corrected chi connectivity index (χ4v) is 2.67. The third kappa shape index (κ3) is 3.22. The van der Waals surface area contributed by atoms with Crippen molar-refractivity contribution < 1.29 is 14.6 Å². The second-order valence-electron chi connectivity index (χ2n) is 6.20. The van der Waals surface area contributed by atoms with E-state index in [2.05, 4.69) is 15.5 Å². The van der Waals surface area contributed by atoms with Crippen LogP contribution in [-0.4, -0.2) is 40.5 Å². The topological polar surface area (TPSA) is 87.2 Å². The standard InChI is InChI=1S/C17H21N3O3/c1-17(10-21,12-5-6-12)18-16(22)15-9-14(19-20-15)11-3-7-13(23-2)8-4-11/h3-4,7-9,12,21H,5-6,10H2,1-2H3,(H,18,22)(H,19,20). The number of hydrogen-bond acceptors (Lipinski definition) is 4. The van der Waals surface area contributed by atoms with Gasteiger partial charge in [-0.2, -0.15) is 5.10 Å². The molecule has 0 radical (unpaired) electrons. The molecule has 3 rings (SSSR count). The van der Waals surface area contributed by atoms with Crippen LogP contribution in [-0.2, 0) is 0 Å². The molecule has 1 unspecified atom stereocenters. The van der Waals surface area contributed by atoms with E-state index >= 15 is 0 Å². The first-order valence-electron chi connectivity index (χ1n) is 7.69. The minimum absolute atomic E-state index is 0.0666. The van der Waals surface area contributed by atoms with Crippen LogP contribution in [0.4, 0.5) is 0 Å². The smallest absolute Gasteiger partial charge is 0.269 e. The van der Waals surface area contributed by atoms with Crippen molar-refractivity contribution in [3.63, 3.8) is 0 Å². The van der Waals surface area contributed by atoms with Crippen molar-refractivity contribution in [3.8, 4) is 17.0 Å². The summed E-state index contributed by atoms with van der Waals surface area (Å²) in [4.78, 5) is 12.4. The normalized spacial score (nSPS) is 16.7. The molecule has 1 saturated carbocycles. The molecule has 1 fully saturated rings. The summed E-state index contributed by atoms with van der Waals surface area (Å²) in [6.45, 7) is 1.81. The zero-order valence-corrected chi connectivity index (χ0v) is 13.3. The van der Waals surface area contributed by atoms with Gasteiger partial charge in [-0.15, -0.1) is 0 Å². The Kier molecular flexibility index (Phi) is 4.09. The number of benzene rings is 1. The molecule has 1 atom stereocenters. The third-order valence-corrected chi connectivity index (χ3v) is 4.41. The number of carbonyl (C=O) groups is 1. The molecule has 6 nitrogen and oxygen atoms in total. The maximum atomic E-state index is 12.4. The molecular formula is C17H21N3O3. The van der Waals surface area contributed by atoms with E-state index in [1.54, 1.807) is 13.2 Å². The van der Waals surface area contributed by atoms with Gasteiger partial charge in [0.1, 0.15) is 11.4 Å². The summed E-state index contributed by atoms with van der Waals surface area (Å²) in [7, 11) is 1.62. The van der Waals surface area contributed by atoms with Gasteiger partial charge < -0.3 is 15.2 Å². The number of methoxy groups -OCH3 is 1. The molecule has 1 heterocycles. The quantitative estimate of drug-likeness (QED) is 0.760. The molecule has 1 aliphatic carbocycles. The first kappa shape index (κ1) is 15.6. The molecule has 3 N–H and O–H groups in total. The molecule has 0 saturated heterocycles. The summed E-state index contributed by atoms with van der Waals surface area (Å²) in [5.74, 6) is 0.867. The minimum atomic E-state index is -0.567. The molecule has 1 aromatic carbocycles. The zero-order chi connectivity index (χ0) is 16.4. The van der Waals surface area contributed by atoms with Gasteiger partial charge in [0.05, 0.1) is 24.9 Å². The highest BCUT2D eigenvalue weighted by molar-refractivity contribution is 5.93. The fourth-order valence-electron chi connectivity index (χ4n) is 2.67. The predicted molar refractivity (Wildman–Crippen MR) is 86.3 cm³/mol. The van der Waals surface area contributed by atoms with Gasteiger partial charge in [-0.1, -0.05) is 0 Å². The molecule has 1 aromatic heterocycles. The van der Waals surface area contributed by atoms with Gasteiger partial charge in [-0.05, 0) is 56.0 Å². The summed E-state index contributed by atoms with van der Waals surface area (Å²) in [5.41, 5.74) is 1.40. The molecule has 0 spiro atoms. The van der Waals surface area contributed by atoms with Crippen LogP contribution in [0.1, 0.15) is 30.3 Å². The van der Waals surface area contributed by atoms with Crippen LogP contribution in [0.2, 0.25) is 0 Å². The lowest BCUT2D eigenvalue weighted by Crippen LogP contribution is -2.50. The van der Waals surface area contributed by atoms with E-state index in [-0.39, 0.29) is 12.5 Å². The van der Waals surface area contributed by atoms with Crippen molar-refractivity contribution in [2.24, 2.45) is 5.92 Å². The van der Waals surface area contributed by atoms with Gasteiger partial charge in [-0.3, -0.25) is 9.89 Å². The van der Waals surface area contributed by atoms with E-state index < -0.39 is 5.54 Å². The van der Waals surface area contributed by atoms with Crippen molar-refractivity contribution in [3.05, 3.63) is 36.0 Å². The van der Waals surface area contributed by atoms with Crippen molar-refractivity contribution in [2.45, 2.75) is 25.3 Å². The maximum Gasteiger partial charge on any atom is 0.269 e. The Morgan fingerprint density at radius 2 is 2.13 bits per heavy atom. The second-order valence-corrected chi connectivity index (χ2v) is 6.20. The Morgan fingerprint density at radius 3 is 2.70 bits per heavy atom. The Morgan fingerprint density at radius 1 is 1.43 bits per heavy atom. The van der Waals surface area contributed by atoms with Crippen LogP contribution in [0.5, 0.6) is 5.75 Å². The summed E-state index contributed by atoms with van der Waals surface area (Å²) < 4.78 is 5.13. The maximum absolute atomic E-state index is 12.4. The molecular weight excluding hydrogens is 294 g/mol. The van der Waals surface area contributed by atoms with Gasteiger partial charge >= 0.3 is 0 Å². The molecule has 0 aliphatic heterocycles. The number of amides is 1. The number of aromatic nitrogens is 2. The summed E-state index contributed by atoms with van der Waals surface area (Å²) >= 11 is 0. The lowest BCUT2D eigenvalue weighted by Gasteiger charge is -2.28. The average molecular weight is 315 g/mol. The largest absolute Gasteiger partial charge is 0.497 e. The van der Waals surface area contributed by atoms with E-state index in [1.165, 1.54) is 0 Å². The molecule has 6 heteroatoms. The van der Waals surface area contributed by atoms with E-state index in [0.717, 1.165) is 24.2 Å². The Hall–Kier alpha value is -2.34. The van der Waals surface area contributed by atoms with E-state index in [1.807, 2.05) is 31.2 Å². The number of nitrogens with one attached hydrogen (secondary N) is 2. The Balaban J connectivity index is 1.74. The first-order valence-corrected chi connectivity index (χ1v) is 7.69. The number of hydrogen-bond donors (Lipinski definition) is 3. The number of nitrogens with zero attached hydrogens (tertiary/aromatic N) is 1. The number of rotatable bonds is 6. The van der Waals surface area contributed by atoms with Crippen molar-refractivity contribution in [1.29, 1.82) is 0 Å². The molecule has 23 heavy (non-hydrogen) atoms. The number of ether oxygens (including phenoxy) is 1. The highest BCUT2D eigenvalue weighted by Crippen LogP contribution is 2.39. The zero-order valence-electron chi connectivity index (χ0n) is 13.3. The molecule has 122 valence electrons. The number of H-pyrrole nitrogens is 1. The molecule has 0 bridgehead atoms. The van der Waals surface area contributed by atoms with Gasteiger partial charge in [0.15, 0.2) is 0 Å². The predicted octanol–water partition coefficient (Wildman–Crippen LogP) is 1.98. The Labute approximate surface area is 134 Å². The summed E-state index contributed by atoms with van der Waals surface area (Å²) in [6, 6.07) is 9.18. The molecule has 1 amide bonds. The van der Waals surface area contributed by atoms with Gasteiger partial charge in [0.2, 0.25) is 0 Å². The summed E-state index contributed by atoms with van der Waals surface area (Å²) in [6.07, 6.45) is 2.08. The fraction of sp³-hybridized carbons (Fsp3) is 0.412. The molecule has 2 aromatic rings. The van der Waals surface area contributed by atoms with Crippen molar-refractivity contribution >= 4 is 5.91 Å². The number of aliphatic hydroxyl groups excluding tert-OH is 1. The van der Waals surface area contributed by atoms with Crippen LogP contribution in [0.25, 0.3) is 11.3 Å². The van der Waals surface area contributed by atoms with Crippen molar-refractivity contribution in [2.75, 3.05) is 13.7 Å². The van der Waals surface area contributed by atoms with Crippen LogP contribution in [0.3, 0.4) is 0 Å². The van der Waals surface area contributed by atoms with Gasteiger partial charge in [-0.25, -0.2) is 0 Å².